The van der Waals surface area contributed by atoms with E-state index in [4.69, 9.17) is 9.84 Å². The van der Waals surface area contributed by atoms with Crippen LogP contribution in [0.1, 0.15) is 110 Å². The number of nitrogens with zero attached hydrogens (tertiary/aromatic N) is 5. The van der Waals surface area contributed by atoms with Gasteiger partial charge in [-0.25, -0.2) is 13.1 Å². The number of benzene rings is 2. The second-order valence-electron chi connectivity index (χ2n) is 15.4. The third kappa shape index (κ3) is 6.69. The van der Waals surface area contributed by atoms with Crippen LogP contribution < -0.4 is 9.46 Å². The highest BCUT2D eigenvalue weighted by Crippen LogP contribution is 2.48. The molecule has 2 amide bonds. The van der Waals surface area contributed by atoms with Crippen LogP contribution >= 0.6 is 0 Å². The molecule has 0 bridgehead atoms. The normalized spacial score (nSPS) is 19.8. The molecule has 2 fully saturated rings. The maximum absolute atomic E-state index is 14.5. The van der Waals surface area contributed by atoms with Crippen molar-refractivity contribution in [2.24, 2.45) is 0 Å². The lowest BCUT2D eigenvalue weighted by atomic mass is 9.81. The van der Waals surface area contributed by atoms with E-state index in [0.717, 1.165) is 70.4 Å². The molecule has 3 aliphatic rings. The summed E-state index contributed by atoms with van der Waals surface area (Å²) in [5.74, 6) is 0.361. The van der Waals surface area contributed by atoms with E-state index in [2.05, 4.69) is 53.3 Å². The van der Waals surface area contributed by atoms with Crippen molar-refractivity contribution in [1.82, 2.24) is 28.9 Å². The summed E-state index contributed by atoms with van der Waals surface area (Å²) >= 11 is 0. The number of likely N-dealkylation sites (N-methyl/N-ethyl adjacent to an activating group) is 1. The first-order valence-corrected chi connectivity index (χ1v) is 20.6. The van der Waals surface area contributed by atoms with E-state index in [9.17, 15) is 18.0 Å². The van der Waals surface area contributed by atoms with Gasteiger partial charge in [0.2, 0.25) is 10.0 Å². The Morgan fingerprint density at radius 3 is 2.38 bits per heavy atom. The topological polar surface area (TPSA) is 119 Å². The number of methoxy groups -OCH3 is 1. The van der Waals surface area contributed by atoms with Crippen molar-refractivity contribution in [3.8, 4) is 17.0 Å². The molecule has 2 unspecified atom stereocenters. The molecular formula is C41H52N6O5S. The van der Waals surface area contributed by atoms with Crippen molar-refractivity contribution >= 4 is 44.4 Å². The summed E-state index contributed by atoms with van der Waals surface area (Å²) in [4.78, 5) is 32.3. The highest BCUT2D eigenvalue weighted by molar-refractivity contribution is 7.90. The third-order valence-corrected chi connectivity index (χ3v) is 13.4. The number of sulfonamides is 1. The van der Waals surface area contributed by atoms with E-state index in [1.807, 2.05) is 34.7 Å². The monoisotopic (exact) mass is 740 g/mol. The molecule has 12 heteroatoms. The van der Waals surface area contributed by atoms with Crippen LogP contribution in [0, 0.1) is 0 Å². The summed E-state index contributed by atoms with van der Waals surface area (Å²) in [6, 6.07) is 12.2. The predicted molar refractivity (Wildman–Crippen MR) is 210 cm³/mol. The molecule has 0 radical (unpaired) electrons. The average molecular weight is 741 g/mol. The molecule has 4 aromatic rings. The van der Waals surface area contributed by atoms with Crippen LogP contribution in [0.4, 0.5) is 0 Å². The van der Waals surface area contributed by atoms with Crippen LogP contribution in [-0.2, 0) is 23.1 Å². The van der Waals surface area contributed by atoms with E-state index >= 15 is 0 Å². The summed E-state index contributed by atoms with van der Waals surface area (Å²) in [5.41, 5.74) is 7.74. The number of carbonyl (C=O) groups excluding carboxylic acids is 2. The third-order valence-electron chi connectivity index (χ3n) is 11.7. The molecule has 4 heterocycles. The van der Waals surface area contributed by atoms with Crippen LogP contribution in [0.5, 0.6) is 5.75 Å². The number of hydrogen-bond acceptors (Lipinski definition) is 7. The Bertz CT molecular complexity index is 2200. The molecule has 53 heavy (non-hydrogen) atoms. The summed E-state index contributed by atoms with van der Waals surface area (Å²) in [5, 5.41) is 5.06. The molecule has 1 saturated carbocycles. The smallest absolute Gasteiger partial charge is 0.264 e. The van der Waals surface area contributed by atoms with Gasteiger partial charge in [0, 0.05) is 53.7 Å². The van der Waals surface area contributed by atoms with Crippen molar-refractivity contribution < 1.29 is 22.7 Å². The molecule has 1 aliphatic carbocycles. The highest BCUT2D eigenvalue weighted by atomic mass is 32.2. The second-order valence-corrected chi connectivity index (χ2v) is 17.6. The molecule has 2 atom stereocenters. The zero-order chi connectivity index (χ0) is 37.8. The van der Waals surface area contributed by atoms with E-state index in [1.165, 1.54) is 12.0 Å². The van der Waals surface area contributed by atoms with Crippen molar-refractivity contribution in [3.63, 3.8) is 0 Å². The first kappa shape index (κ1) is 36.9. The largest absolute Gasteiger partial charge is 0.497 e. The van der Waals surface area contributed by atoms with Gasteiger partial charge >= 0.3 is 0 Å². The number of ether oxygens (including phenoxy) is 1. The lowest BCUT2D eigenvalue weighted by Crippen LogP contribution is -2.56. The van der Waals surface area contributed by atoms with E-state index in [0.29, 0.717) is 37.7 Å². The van der Waals surface area contributed by atoms with Gasteiger partial charge in [0.15, 0.2) is 0 Å². The van der Waals surface area contributed by atoms with Gasteiger partial charge in [-0.2, -0.15) is 5.10 Å². The number of aryl methyl sites for hydroxylation is 1. The number of amides is 2. The predicted octanol–water partition coefficient (Wildman–Crippen LogP) is 6.77. The number of hydrogen-bond donors (Lipinski definition) is 1. The van der Waals surface area contributed by atoms with Crippen molar-refractivity contribution in [2.75, 3.05) is 27.2 Å². The SMILES string of the molecule is CCn1ncc(C(=O)N2CC(C)N(C)C(C)C2)c1C1=Cc2cc(OC)ccc2-c2c(C3CCCCC3)c3ccc(C(=O)NS(=O)(=O)C(C)C)cc3n2C1. The molecule has 0 spiro atoms. The maximum atomic E-state index is 14.5. The number of piperazine rings is 1. The first-order chi connectivity index (χ1) is 25.3. The minimum absolute atomic E-state index is 0.0340. The molecule has 2 aromatic carbocycles. The summed E-state index contributed by atoms with van der Waals surface area (Å²) in [6.45, 7) is 11.7. The average Bonchev–Trinajstić information content (AvgIpc) is 3.67. The molecule has 11 nitrogen and oxygen atoms in total. The molecule has 282 valence electrons. The Morgan fingerprint density at radius 2 is 1.72 bits per heavy atom. The minimum atomic E-state index is -3.83. The van der Waals surface area contributed by atoms with Crippen LogP contribution in [0.25, 0.3) is 33.8 Å². The fourth-order valence-corrected chi connectivity index (χ4v) is 9.11. The fourth-order valence-electron chi connectivity index (χ4n) is 8.49. The lowest BCUT2D eigenvalue weighted by Gasteiger charge is -2.42. The second kappa shape index (κ2) is 14.4. The number of nitrogens with one attached hydrogen (secondary N) is 1. The Morgan fingerprint density at radius 1 is 1.00 bits per heavy atom. The number of allylic oxidation sites excluding steroid dienone is 1. The fraction of sp³-hybridized carbons (Fsp3) is 0.488. The molecule has 2 aliphatic heterocycles. The van der Waals surface area contributed by atoms with Gasteiger partial charge in [-0.05, 0) is 114 Å². The number of rotatable bonds is 8. The Labute approximate surface area is 313 Å². The number of carbonyl (C=O) groups is 2. The Balaban J connectivity index is 1.44. The van der Waals surface area contributed by atoms with Gasteiger partial charge in [-0.1, -0.05) is 25.3 Å². The van der Waals surface area contributed by atoms with Crippen LogP contribution in [-0.4, -0.2) is 89.0 Å². The quantitative estimate of drug-likeness (QED) is 0.212. The van der Waals surface area contributed by atoms with Crippen molar-refractivity contribution in [1.29, 1.82) is 0 Å². The highest BCUT2D eigenvalue weighted by Gasteiger charge is 2.35. The van der Waals surface area contributed by atoms with Gasteiger partial charge < -0.3 is 14.2 Å². The Hall–Kier alpha value is -4.42. The van der Waals surface area contributed by atoms with Crippen LogP contribution in [0.3, 0.4) is 0 Å². The van der Waals surface area contributed by atoms with Gasteiger partial charge in [0.25, 0.3) is 11.8 Å². The van der Waals surface area contributed by atoms with Gasteiger partial charge in [0.05, 0.1) is 42.1 Å². The molecular weight excluding hydrogens is 689 g/mol. The van der Waals surface area contributed by atoms with Gasteiger partial charge in [0.1, 0.15) is 5.75 Å². The zero-order valence-electron chi connectivity index (χ0n) is 32.0. The molecule has 1 saturated heterocycles. The summed E-state index contributed by atoms with van der Waals surface area (Å²) in [6.07, 6.45) is 9.52. The maximum Gasteiger partial charge on any atom is 0.264 e. The van der Waals surface area contributed by atoms with Gasteiger partial charge in [-0.15, -0.1) is 0 Å². The number of fused-ring (bicyclic) bond motifs is 5. The number of aromatic nitrogens is 3. The van der Waals surface area contributed by atoms with Crippen molar-refractivity contribution in [3.05, 3.63) is 70.5 Å². The van der Waals surface area contributed by atoms with E-state index < -0.39 is 21.2 Å². The molecule has 1 N–H and O–H groups in total. The minimum Gasteiger partial charge on any atom is -0.497 e. The molecule has 2 aromatic heterocycles. The van der Waals surface area contributed by atoms with E-state index in [1.54, 1.807) is 33.2 Å². The first-order valence-electron chi connectivity index (χ1n) is 19.0. The lowest BCUT2D eigenvalue weighted by molar-refractivity contribution is 0.0414. The Kier molecular flexibility index (Phi) is 10.1. The zero-order valence-corrected chi connectivity index (χ0v) is 32.8. The van der Waals surface area contributed by atoms with E-state index in [-0.39, 0.29) is 23.6 Å². The van der Waals surface area contributed by atoms with Gasteiger partial charge in [-0.3, -0.25) is 19.2 Å². The van der Waals surface area contributed by atoms with Crippen molar-refractivity contribution in [2.45, 2.75) is 103 Å². The molecule has 7 rings (SSSR count). The summed E-state index contributed by atoms with van der Waals surface area (Å²) < 4.78 is 37.7. The summed E-state index contributed by atoms with van der Waals surface area (Å²) in [7, 11) is -0.0577. The van der Waals surface area contributed by atoms with Crippen LogP contribution in [0.2, 0.25) is 0 Å². The van der Waals surface area contributed by atoms with Crippen LogP contribution in [0.15, 0.2) is 42.6 Å². The standard InChI is InChI=1S/C41H52N6O5S/c1-8-47-38(35(21-42-47)41(49)45-22-26(4)44(6)27(5)23-45)31-18-30-19-32(52-7)15-17-33(30)39-37(28-12-10-9-11-13-28)34-16-14-29(20-36(34)46(39)24-31)40(48)43-53(50,51)25(2)3/h14-21,25-28H,8-13,22-24H2,1-7H3,(H,43,48).